The zero-order valence-corrected chi connectivity index (χ0v) is 9.61. The summed E-state index contributed by atoms with van der Waals surface area (Å²) in [4.78, 5) is 10.8. The lowest BCUT2D eigenvalue weighted by atomic mass is 10.1. The molecule has 0 aliphatic heterocycles. The number of nitriles is 1. The molecule has 0 radical (unpaired) electrons. The lowest BCUT2D eigenvalue weighted by Crippen LogP contribution is -2.11. The van der Waals surface area contributed by atoms with Crippen LogP contribution in [0.25, 0.3) is 0 Å². The summed E-state index contributed by atoms with van der Waals surface area (Å²) >= 11 is 2.14. The van der Waals surface area contributed by atoms with E-state index in [1.807, 2.05) is 6.07 Å². The minimum Gasteiger partial charge on any atom is -0.366 e. The molecule has 0 atom stereocenters. The van der Waals surface area contributed by atoms with Crippen molar-refractivity contribution in [3.63, 3.8) is 0 Å². The third-order valence-electron chi connectivity index (χ3n) is 1.84. The van der Waals surface area contributed by atoms with Crippen molar-refractivity contribution in [2.45, 2.75) is 12.8 Å². The van der Waals surface area contributed by atoms with Gasteiger partial charge in [0.15, 0.2) is 0 Å². The molecule has 3 nitrogen and oxygen atoms in total. The highest BCUT2D eigenvalue weighted by atomic mass is 127. The fourth-order valence-electron chi connectivity index (χ4n) is 1.09. The van der Waals surface area contributed by atoms with E-state index in [1.165, 1.54) is 0 Å². The molecule has 0 saturated heterocycles. The molecule has 0 aliphatic carbocycles. The van der Waals surface area contributed by atoms with Gasteiger partial charge in [0.2, 0.25) is 5.91 Å². The van der Waals surface area contributed by atoms with Crippen LogP contribution >= 0.6 is 22.6 Å². The van der Waals surface area contributed by atoms with Crippen molar-refractivity contribution in [2.75, 3.05) is 0 Å². The van der Waals surface area contributed by atoms with Crippen LogP contribution < -0.4 is 5.73 Å². The number of benzene rings is 1. The van der Waals surface area contributed by atoms with E-state index < -0.39 is 5.91 Å². The first-order chi connectivity index (χ1) is 6.65. The summed E-state index contributed by atoms with van der Waals surface area (Å²) in [5.41, 5.74) is 6.73. The molecule has 0 heterocycles. The zero-order valence-electron chi connectivity index (χ0n) is 7.46. The predicted molar refractivity (Wildman–Crippen MR) is 61.6 cm³/mol. The largest absolute Gasteiger partial charge is 0.366 e. The quantitative estimate of drug-likeness (QED) is 0.866. The maximum absolute atomic E-state index is 10.8. The summed E-state index contributed by atoms with van der Waals surface area (Å²) < 4.78 is 0.981. The van der Waals surface area contributed by atoms with E-state index in [0.29, 0.717) is 18.4 Å². The Kier molecular flexibility index (Phi) is 3.89. The zero-order chi connectivity index (χ0) is 10.6. The van der Waals surface area contributed by atoms with Gasteiger partial charge in [-0.05, 0) is 46.7 Å². The molecule has 72 valence electrons. The van der Waals surface area contributed by atoms with Gasteiger partial charge in [0, 0.05) is 15.6 Å². The number of nitrogens with zero attached hydrogens (tertiary/aromatic N) is 1. The molecule has 0 bridgehead atoms. The van der Waals surface area contributed by atoms with E-state index in [2.05, 4.69) is 28.7 Å². The summed E-state index contributed by atoms with van der Waals surface area (Å²) in [5.74, 6) is -0.422. The lowest BCUT2D eigenvalue weighted by molar-refractivity contribution is 0.1000. The van der Waals surface area contributed by atoms with Gasteiger partial charge in [0.05, 0.1) is 6.07 Å². The maximum atomic E-state index is 10.8. The van der Waals surface area contributed by atoms with Crippen LogP contribution in [-0.4, -0.2) is 5.91 Å². The number of hydrogen-bond donors (Lipinski definition) is 1. The summed E-state index contributed by atoms with van der Waals surface area (Å²) in [6.07, 6.45) is 1.21. The molecule has 0 fully saturated rings. The van der Waals surface area contributed by atoms with E-state index >= 15 is 0 Å². The SMILES string of the molecule is N#CCCc1ccc(C(N)=O)cc1I. The average molecular weight is 300 g/mol. The van der Waals surface area contributed by atoms with Gasteiger partial charge in [-0.15, -0.1) is 0 Å². The first kappa shape index (κ1) is 11.0. The molecule has 0 aromatic heterocycles. The molecule has 2 N–H and O–H groups in total. The van der Waals surface area contributed by atoms with Gasteiger partial charge in [-0.1, -0.05) is 6.07 Å². The number of carbonyl (C=O) groups excluding carboxylic acids is 1. The normalized spacial score (nSPS) is 9.43. The van der Waals surface area contributed by atoms with Crippen LogP contribution in [0.15, 0.2) is 18.2 Å². The summed E-state index contributed by atoms with van der Waals surface area (Å²) in [5, 5.41) is 8.43. The standard InChI is InChI=1S/C10H9IN2O/c11-9-6-8(10(13)14)4-3-7(9)2-1-5-12/h3-4,6H,1-2H2,(H2,13,14). The number of carbonyl (C=O) groups is 1. The first-order valence-electron chi connectivity index (χ1n) is 4.10. The Morgan fingerprint density at radius 1 is 1.57 bits per heavy atom. The molecule has 0 aliphatic rings. The molecular formula is C10H9IN2O. The number of rotatable bonds is 3. The molecule has 4 heteroatoms. The Hall–Kier alpha value is -1.09. The average Bonchev–Trinajstić information content (AvgIpc) is 2.15. The topological polar surface area (TPSA) is 66.9 Å². The van der Waals surface area contributed by atoms with Gasteiger partial charge in [0.1, 0.15) is 0 Å². The number of nitrogens with two attached hydrogens (primary N) is 1. The third-order valence-corrected chi connectivity index (χ3v) is 2.85. The second kappa shape index (κ2) is 4.96. The number of aryl methyl sites for hydroxylation is 1. The summed E-state index contributed by atoms with van der Waals surface area (Å²) in [6.45, 7) is 0. The molecule has 1 rings (SSSR count). The molecular weight excluding hydrogens is 291 g/mol. The van der Waals surface area contributed by atoms with Crippen LogP contribution in [0.1, 0.15) is 22.3 Å². The van der Waals surface area contributed by atoms with Gasteiger partial charge < -0.3 is 5.73 Å². The maximum Gasteiger partial charge on any atom is 0.248 e. The van der Waals surface area contributed by atoms with Crippen LogP contribution in [0.2, 0.25) is 0 Å². The van der Waals surface area contributed by atoms with Gasteiger partial charge in [-0.3, -0.25) is 4.79 Å². The van der Waals surface area contributed by atoms with Crippen molar-refractivity contribution in [3.05, 3.63) is 32.9 Å². The predicted octanol–water partition coefficient (Wildman–Crippen LogP) is 1.85. The molecule has 1 amide bonds. The number of hydrogen-bond acceptors (Lipinski definition) is 2. The first-order valence-corrected chi connectivity index (χ1v) is 5.18. The molecule has 0 spiro atoms. The molecule has 14 heavy (non-hydrogen) atoms. The van der Waals surface area contributed by atoms with Crippen molar-refractivity contribution in [1.82, 2.24) is 0 Å². The highest BCUT2D eigenvalue weighted by molar-refractivity contribution is 14.1. The Morgan fingerprint density at radius 3 is 2.79 bits per heavy atom. The summed E-state index contributed by atoms with van der Waals surface area (Å²) in [6, 6.07) is 7.37. The highest BCUT2D eigenvalue weighted by Gasteiger charge is 2.04. The third kappa shape index (κ3) is 2.70. The number of amides is 1. The molecule has 1 aromatic rings. The van der Waals surface area contributed by atoms with Crippen molar-refractivity contribution in [2.24, 2.45) is 5.73 Å². The fourth-order valence-corrected chi connectivity index (χ4v) is 1.88. The minimum absolute atomic E-state index is 0.422. The molecule has 0 unspecified atom stereocenters. The van der Waals surface area contributed by atoms with Crippen molar-refractivity contribution in [3.8, 4) is 6.07 Å². The molecule has 1 aromatic carbocycles. The van der Waals surface area contributed by atoms with E-state index in [0.717, 1.165) is 9.13 Å². The monoisotopic (exact) mass is 300 g/mol. The van der Waals surface area contributed by atoms with Gasteiger partial charge in [-0.2, -0.15) is 5.26 Å². The van der Waals surface area contributed by atoms with Crippen molar-refractivity contribution in [1.29, 1.82) is 5.26 Å². The Morgan fingerprint density at radius 2 is 2.29 bits per heavy atom. The van der Waals surface area contributed by atoms with E-state index in [-0.39, 0.29) is 0 Å². The van der Waals surface area contributed by atoms with Crippen LogP contribution in [0.4, 0.5) is 0 Å². The van der Waals surface area contributed by atoms with Crippen LogP contribution in [0, 0.1) is 14.9 Å². The van der Waals surface area contributed by atoms with Crippen LogP contribution in [-0.2, 0) is 6.42 Å². The van der Waals surface area contributed by atoms with Crippen LogP contribution in [0.5, 0.6) is 0 Å². The Bertz CT molecular complexity index is 396. The Balaban J connectivity index is 2.91. The lowest BCUT2D eigenvalue weighted by Gasteiger charge is -2.03. The number of halogens is 1. The minimum atomic E-state index is -0.422. The molecule has 0 saturated carbocycles. The van der Waals surface area contributed by atoms with Gasteiger partial charge in [-0.25, -0.2) is 0 Å². The second-order valence-corrected chi connectivity index (χ2v) is 3.99. The number of primary amides is 1. The van der Waals surface area contributed by atoms with E-state index in [9.17, 15) is 4.79 Å². The van der Waals surface area contributed by atoms with Gasteiger partial charge in [0.25, 0.3) is 0 Å². The van der Waals surface area contributed by atoms with Gasteiger partial charge >= 0.3 is 0 Å². The van der Waals surface area contributed by atoms with Crippen LogP contribution in [0.3, 0.4) is 0 Å². The van der Waals surface area contributed by atoms with Crippen molar-refractivity contribution >= 4 is 28.5 Å². The van der Waals surface area contributed by atoms with E-state index in [1.54, 1.807) is 12.1 Å². The fraction of sp³-hybridized carbons (Fsp3) is 0.200. The Labute approximate surface area is 96.0 Å². The second-order valence-electron chi connectivity index (χ2n) is 2.83. The van der Waals surface area contributed by atoms with Crippen molar-refractivity contribution < 1.29 is 4.79 Å². The smallest absolute Gasteiger partial charge is 0.248 e. The highest BCUT2D eigenvalue weighted by Crippen LogP contribution is 2.15. The summed E-state index contributed by atoms with van der Waals surface area (Å²) in [7, 11) is 0. The van der Waals surface area contributed by atoms with E-state index in [4.69, 9.17) is 11.0 Å².